The number of anilines is 5. The Morgan fingerprint density at radius 2 is 1.64 bits per heavy atom. The lowest BCUT2D eigenvalue weighted by Crippen LogP contribution is -2.47. The number of hydrogen-bond donors (Lipinski definition) is 3. The van der Waals surface area contributed by atoms with Crippen molar-refractivity contribution in [2.75, 3.05) is 54.8 Å². The van der Waals surface area contributed by atoms with E-state index in [1.807, 2.05) is 25.4 Å². The molecule has 17 nitrogen and oxygen atoms in total. The molecule has 0 saturated carbocycles. The van der Waals surface area contributed by atoms with E-state index in [0.29, 0.717) is 22.8 Å². The molecule has 3 N–H and O–H groups in total. The van der Waals surface area contributed by atoms with Gasteiger partial charge in [0.1, 0.15) is 11.6 Å². The molecule has 3 aromatic heterocycles. The minimum absolute atomic E-state index is 0.00519. The SMILES string of the molecule is Cc1cccc(C)c1Nc1nn(C)c2nc(Nc3ccc4c(c3)CN(CC3CCN(C(=O)C5CCN(c6ccc7c(=O)n(C8CCC(=O)NC8=O)nnc7c6)CC5)CC3)CC4)ncc12. The molecule has 3 fully saturated rings. The van der Waals surface area contributed by atoms with Crippen molar-refractivity contribution >= 4 is 68.5 Å². The molecule has 0 bridgehead atoms. The Kier molecular flexibility index (Phi) is 11.0. The van der Waals surface area contributed by atoms with Gasteiger partial charge in [0.25, 0.3) is 11.5 Å². The maximum atomic E-state index is 13.8. The number of piperidine rings is 3. The molecule has 3 amide bonds. The van der Waals surface area contributed by atoms with Gasteiger partial charge in [0, 0.05) is 88.5 Å². The van der Waals surface area contributed by atoms with Crippen molar-refractivity contribution < 1.29 is 14.4 Å². The van der Waals surface area contributed by atoms with Crippen molar-refractivity contribution in [1.29, 1.82) is 0 Å². The Morgan fingerprint density at radius 3 is 2.42 bits per heavy atom. The first-order valence-corrected chi connectivity index (χ1v) is 22.5. The average Bonchev–Trinajstić information content (AvgIpc) is 3.61. The topological polar surface area (TPSA) is 188 Å². The third-order valence-electron chi connectivity index (χ3n) is 13.7. The summed E-state index contributed by atoms with van der Waals surface area (Å²) in [5.41, 5.74) is 8.71. The minimum Gasteiger partial charge on any atom is -0.371 e. The highest BCUT2D eigenvalue weighted by molar-refractivity contribution is 5.99. The van der Waals surface area contributed by atoms with Crippen molar-refractivity contribution in [3.8, 4) is 0 Å². The third kappa shape index (κ3) is 8.15. The fraction of sp³-hybridized carbons (Fsp3) is 0.426. The van der Waals surface area contributed by atoms with Gasteiger partial charge in [0.05, 0.1) is 10.8 Å². The summed E-state index contributed by atoms with van der Waals surface area (Å²) in [7, 11) is 1.90. The molecule has 4 aliphatic rings. The summed E-state index contributed by atoms with van der Waals surface area (Å²) < 4.78 is 2.86. The zero-order valence-corrected chi connectivity index (χ0v) is 36.5. The molecule has 0 aliphatic carbocycles. The van der Waals surface area contributed by atoms with E-state index >= 15 is 0 Å². The van der Waals surface area contributed by atoms with Crippen LogP contribution in [-0.4, -0.2) is 102 Å². The summed E-state index contributed by atoms with van der Waals surface area (Å²) in [6.07, 6.45) is 6.74. The largest absolute Gasteiger partial charge is 0.371 e. The summed E-state index contributed by atoms with van der Waals surface area (Å²) >= 11 is 0. The second kappa shape index (κ2) is 17.1. The number of aromatic nitrogens is 7. The monoisotopic (exact) mass is 863 g/mol. The van der Waals surface area contributed by atoms with Crippen LogP contribution >= 0.6 is 0 Å². The predicted molar refractivity (Wildman–Crippen MR) is 244 cm³/mol. The molecule has 0 radical (unpaired) electrons. The average molecular weight is 864 g/mol. The number of carbonyl (C=O) groups excluding carboxylic acids is 3. The quantitative estimate of drug-likeness (QED) is 0.164. The molecular weight excluding hydrogens is 811 g/mol. The van der Waals surface area contributed by atoms with Gasteiger partial charge in [0.2, 0.25) is 17.8 Å². The minimum atomic E-state index is -0.860. The zero-order chi connectivity index (χ0) is 44.1. The van der Waals surface area contributed by atoms with Gasteiger partial charge in [-0.3, -0.25) is 29.4 Å². The van der Waals surface area contributed by atoms with Crippen LogP contribution in [0.4, 0.5) is 28.8 Å². The first kappa shape index (κ1) is 41.3. The summed E-state index contributed by atoms with van der Waals surface area (Å²) in [6.45, 7) is 10.2. The van der Waals surface area contributed by atoms with Gasteiger partial charge in [-0.15, -0.1) is 5.10 Å². The van der Waals surface area contributed by atoms with Crippen LogP contribution in [0.5, 0.6) is 0 Å². The van der Waals surface area contributed by atoms with E-state index < -0.39 is 17.5 Å². The van der Waals surface area contributed by atoms with Crippen molar-refractivity contribution in [3.63, 3.8) is 0 Å². The van der Waals surface area contributed by atoms with Crippen LogP contribution in [0.25, 0.3) is 21.9 Å². The Morgan fingerprint density at radius 1 is 0.844 bits per heavy atom. The maximum Gasteiger partial charge on any atom is 0.278 e. The zero-order valence-electron chi connectivity index (χ0n) is 36.5. The number of aryl methyl sites for hydroxylation is 3. The lowest BCUT2D eigenvalue weighted by Gasteiger charge is -2.39. The van der Waals surface area contributed by atoms with Gasteiger partial charge >= 0.3 is 0 Å². The molecule has 330 valence electrons. The Hall–Kier alpha value is -6.75. The van der Waals surface area contributed by atoms with Crippen LogP contribution in [0.2, 0.25) is 0 Å². The van der Waals surface area contributed by atoms with Gasteiger partial charge < -0.3 is 20.4 Å². The predicted octanol–water partition coefficient (Wildman–Crippen LogP) is 5.06. The van der Waals surface area contributed by atoms with Gasteiger partial charge in [-0.05, 0) is 111 Å². The first-order valence-electron chi connectivity index (χ1n) is 22.5. The van der Waals surface area contributed by atoms with Crippen molar-refractivity contribution in [2.45, 2.75) is 71.4 Å². The lowest BCUT2D eigenvalue weighted by atomic mass is 9.91. The van der Waals surface area contributed by atoms with Crippen LogP contribution < -0.4 is 26.4 Å². The first-order chi connectivity index (χ1) is 31.0. The maximum absolute atomic E-state index is 13.8. The van der Waals surface area contributed by atoms with E-state index in [9.17, 15) is 19.2 Å². The van der Waals surface area contributed by atoms with Crippen LogP contribution in [0, 0.1) is 25.7 Å². The highest BCUT2D eigenvalue weighted by Gasteiger charge is 2.33. The Labute approximate surface area is 370 Å². The smallest absolute Gasteiger partial charge is 0.278 e. The molecule has 3 saturated heterocycles. The number of nitrogens with zero attached hydrogens (tertiary/aromatic N) is 10. The van der Waals surface area contributed by atoms with Gasteiger partial charge in [-0.2, -0.15) is 14.8 Å². The molecule has 17 heteroatoms. The lowest BCUT2D eigenvalue weighted by molar-refractivity contribution is -0.138. The molecule has 3 aromatic carbocycles. The third-order valence-corrected chi connectivity index (χ3v) is 13.7. The molecular formula is C47H53N13O4. The van der Waals surface area contributed by atoms with Gasteiger partial charge in [-0.25, -0.2) is 9.67 Å². The van der Waals surface area contributed by atoms with Crippen LogP contribution in [0.1, 0.15) is 66.8 Å². The number of imide groups is 1. The molecule has 1 unspecified atom stereocenters. The van der Waals surface area contributed by atoms with E-state index in [0.717, 1.165) is 128 Å². The van der Waals surface area contributed by atoms with Crippen molar-refractivity contribution in [3.05, 3.63) is 93.4 Å². The van der Waals surface area contributed by atoms with Crippen LogP contribution in [0.3, 0.4) is 0 Å². The van der Waals surface area contributed by atoms with Crippen molar-refractivity contribution in [2.24, 2.45) is 18.9 Å². The summed E-state index contributed by atoms with van der Waals surface area (Å²) in [5, 5.41) is 23.5. The number of para-hydroxylation sites is 1. The number of carbonyl (C=O) groups is 3. The summed E-state index contributed by atoms with van der Waals surface area (Å²) in [6, 6.07) is 17.4. The molecule has 1 atom stereocenters. The van der Waals surface area contributed by atoms with Gasteiger partial charge in [-0.1, -0.05) is 29.5 Å². The van der Waals surface area contributed by atoms with Crippen LogP contribution in [-0.2, 0) is 34.4 Å². The standard InChI is InChI=1S/C47H53N13O4/c1-28-5-4-6-29(2)41(28)51-42-37-25-48-47(52-43(37)56(3)54-42)49-34-8-7-31-15-18-57(27-33(31)23-34)26-30-13-19-59(20-14-30)45(63)32-16-21-58(22-17-32)35-9-10-36-38(24-35)53-55-60(46(36)64)39-11-12-40(61)50-44(39)62/h4-10,23-25,30,32,39H,11-22,26-27H2,1-3H3,(H,51,54)(H,48,49,52)(H,50,61,62). The number of benzene rings is 3. The number of likely N-dealkylation sites (tertiary alicyclic amines) is 1. The van der Waals surface area contributed by atoms with Crippen LogP contribution in [0.15, 0.2) is 65.6 Å². The van der Waals surface area contributed by atoms with E-state index in [4.69, 9.17) is 10.1 Å². The summed E-state index contributed by atoms with van der Waals surface area (Å²) in [5.74, 6) is 1.17. The Balaban J connectivity index is 0.701. The molecule has 10 rings (SSSR count). The van der Waals surface area contributed by atoms with E-state index in [1.54, 1.807) is 10.7 Å². The normalized spacial score (nSPS) is 19.0. The highest BCUT2D eigenvalue weighted by Crippen LogP contribution is 2.32. The van der Waals surface area contributed by atoms with E-state index in [1.165, 1.54) is 11.1 Å². The van der Waals surface area contributed by atoms with Gasteiger partial charge in [0.15, 0.2) is 11.5 Å². The second-order valence-electron chi connectivity index (χ2n) is 17.9. The Bertz CT molecular complexity index is 2840. The molecule has 7 heterocycles. The number of amides is 3. The van der Waals surface area contributed by atoms with Crippen molar-refractivity contribution in [1.82, 2.24) is 49.9 Å². The fourth-order valence-electron chi connectivity index (χ4n) is 10.0. The van der Waals surface area contributed by atoms with E-state index in [2.05, 4.69) is 96.2 Å². The molecule has 64 heavy (non-hydrogen) atoms. The summed E-state index contributed by atoms with van der Waals surface area (Å²) in [4.78, 5) is 67.4. The molecule has 4 aliphatic heterocycles. The fourth-order valence-corrected chi connectivity index (χ4v) is 10.0. The molecule has 6 aromatic rings. The van der Waals surface area contributed by atoms with E-state index in [-0.39, 0.29) is 30.6 Å². The number of fused-ring (bicyclic) bond motifs is 3. The number of rotatable bonds is 9. The molecule has 0 spiro atoms. The highest BCUT2D eigenvalue weighted by atomic mass is 16.2. The second-order valence-corrected chi connectivity index (χ2v) is 17.9. The number of hydrogen-bond acceptors (Lipinski definition) is 13. The number of nitrogens with one attached hydrogen (secondary N) is 3.